The van der Waals surface area contributed by atoms with E-state index in [-0.39, 0.29) is 0 Å². The molecule has 0 saturated heterocycles. The van der Waals surface area contributed by atoms with Gasteiger partial charge in [-0.3, -0.25) is 0 Å². The number of ether oxygens (including phenoxy) is 1. The third kappa shape index (κ3) is 4.10. The highest BCUT2D eigenvalue weighted by molar-refractivity contribution is 5.04. The Hall–Kier alpha value is -0.800. The predicted molar refractivity (Wildman–Crippen MR) is 83.5 cm³/mol. The molecule has 3 nitrogen and oxygen atoms in total. The zero-order valence-electron chi connectivity index (χ0n) is 13.6. The van der Waals surface area contributed by atoms with Crippen molar-refractivity contribution in [3.05, 3.63) is 24.0 Å². The fourth-order valence-corrected chi connectivity index (χ4v) is 3.52. The Bertz CT molecular complexity index is 405. The van der Waals surface area contributed by atoms with Crippen LogP contribution in [0, 0.1) is 0 Å². The standard InChI is InChI=1S/C17H31N2O/c1-15(20-14-16-9-8-12-18(16)2)13-19(3,4)17-10-6-5-7-11-17/h8-9,12,15,17H,5-7,10-11,13-14H2,1-4H3/q+1. The van der Waals surface area contributed by atoms with E-state index in [1.165, 1.54) is 37.8 Å². The zero-order valence-corrected chi connectivity index (χ0v) is 13.6. The number of hydrogen-bond acceptors (Lipinski definition) is 1. The van der Waals surface area contributed by atoms with Crippen LogP contribution in [0.25, 0.3) is 0 Å². The molecular formula is C17H31N2O+. The molecule has 0 aliphatic heterocycles. The fourth-order valence-electron chi connectivity index (χ4n) is 3.52. The zero-order chi connectivity index (χ0) is 14.6. The summed E-state index contributed by atoms with van der Waals surface area (Å²) < 4.78 is 9.30. The largest absolute Gasteiger partial charge is 0.366 e. The Labute approximate surface area is 124 Å². The number of hydrogen-bond donors (Lipinski definition) is 0. The van der Waals surface area contributed by atoms with E-state index in [9.17, 15) is 0 Å². The van der Waals surface area contributed by atoms with Gasteiger partial charge in [-0.05, 0) is 44.7 Å². The summed E-state index contributed by atoms with van der Waals surface area (Å²) in [4.78, 5) is 0. The van der Waals surface area contributed by atoms with Crippen molar-refractivity contribution < 1.29 is 9.22 Å². The van der Waals surface area contributed by atoms with Crippen LogP contribution in [0.1, 0.15) is 44.7 Å². The van der Waals surface area contributed by atoms with E-state index >= 15 is 0 Å². The molecule has 1 unspecified atom stereocenters. The van der Waals surface area contributed by atoms with Crippen molar-refractivity contribution in [1.29, 1.82) is 0 Å². The lowest BCUT2D eigenvalue weighted by atomic mass is 9.93. The summed E-state index contributed by atoms with van der Waals surface area (Å²) in [5.74, 6) is 0. The van der Waals surface area contributed by atoms with Crippen molar-refractivity contribution in [2.45, 2.75) is 57.8 Å². The number of nitrogens with zero attached hydrogens (tertiary/aromatic N) is 2. The molecule has 0 radical (unpaired) electrons. The summed E-state index contributed by atoms with van der Waals surface area (Å²) in [7, 11) is 6.82. The number of rotatable bonds is 6. The summed E-state index contributed by atoms with van der Waals surface area (Å²) >= 11 is 0. The number of aryl methyl sites for hydroxylation is 1. The van der Waals surface area contributed by atoms with Crippen LogP contribution in [-0.2, 0) is 18.4 Å². The fraction of sp³-hybridized carbons (Fsp3) is 0.765. The molecule has 2 rings (SSSR count). The van der Waals surface area contributed by atoms with Gasteiger partial charge in [0.25, 0.3) is 0 Å². The van der Waals surface area contributed by atoms with E-state index < -0.39 is 0 Å². The van der Waals surface area contributed by atoms with Crippen LogP contribution in [0.5, 0.6) is 0 Å². The molecule has 1 aromatic rings. The van der Waals surface area contributed by atoms with Crippen LogP contribution < -0.4 is 0 Å². The van der Waals surface area contributed by atoms with Crippen LogP contribution in [0.15, 0.2) is 18.3 Å². The predicted octanol–water partition coefficient (Wildman–Crippen LogP) is 3.34. The molecule has 0 bridgehead atoms. The van der Waals surface area contributed by atoms with Gasteiger partial charge in [0.15, 0.2) is 0 Å². The third-order valence-electron chi connectivity index (χ3n) is 4.86. The van der Waals surface area contributed by atoms with Gasteiger partial charge in [-0.1, -0.05) is 6.42 Å². The van der Waals surface area contributed by atoms with Gasteiger partial charge in [-0.25, -0.2) is 0 Å². The highest BCUT2D eigenvalue weighted by atomic mass is 16.5. The maximum absolute atomic E-state index is 6.06. The molecule has 1 atom stereocenters. The topological polar surface area (TPSA) is 14.2 Å². The van der Waals surface area contributed by atoms with E-state index in [0.717, 1.165) is 23.7 Å². The van der Waals surface area contributed by atoms with Crippen molar-refractivity contribution in [2.24, 2.45) is 7.05 Å². The normalized spacial score (nSPS) is 19.2. The van der Waals surface area contributed by atoms with Crippen molar-refractivity contribution in [3.8, 4) is 0 Å². The summed E-state index contributed by atoms with van der Waals surface area (Å²) in [6.45, 7) is 4.04. The maximum atomic E-state index is 6.06. The van der Waals surface area contributed by atoms with Gasteiger partial charge in [-0.2, -0.15) is 0 Å². The first-order chi connectivity index (χ1) is 9.49. The summed E-state index contributed by atoms with van der Waals surface area (Å²) in [5.41, 5.74) is 1.25. The molecule has 20 heavy (non-hydrogen) atoms. The van der Waals surface area contributed by atoms with Gasteiger partial charge in [0.1, 0.15) is 12.6 Å². The minimum atomic E-state index is 0.307. The Morgan fingerprint density at radius 3 is 2.60 bits per heavy atom. The molecule has 1 aliphatic rings. The lowest BCUT2D eigenvalue weighted by Crippen LogP contribution is -2.53. The third-order valence-corrected chi connectivity index (χ3v) is 4.86. The van der Waals surface area contributed by atoms with Gasteiger partial charge in [0.2, 0.25) is 0 Å². The smallest absolute Gasteiger partial charge is 0.105 e. The average molecular weight is 279 g/mol. The lowest BCUT2D eigenvalue weighted by Gasteiger charge is -2.41. The maximum Gasteiger partial charge on any atom is 0.105 e. The molecule has 1 aliphatic carbocycles. The highest BCUT2D eigenvalue weighted by Gasteiger charge is 2.31. The Morgan fingerprint density at radius 2 is 2.00 bits per heavy atom. The van der Waals surface area contributed by atoms with Gasteiger partial charge < -0.3 is 13.8 Å². The number of quaternary nitrogens is 1. The van der Waals surface area contributed by atoms with E-state index in [2.05, 4.69) is 51.0 Å². The van der Waals surface area contributed by atoms with Gasteiger partial charge in [-0.15, -0.1) is 0 Å². The van der Waals surface area contributed by atoms with Gasteiger partial charge >= 0.3 is 0 Å². The Balaban J connectivity index is 1.80. The molecule has 114 valence electrons. The minimum Gasteiger partial charge on any atom is -0.366 e. The summed E-state index contributed by atoms with van der Waals surface area (Å²) in [6.07, 6.45) is 9.40. The van der Waals surface area contributed by atoms with Gasteiger partial charge in [0.05, 0.1) is 26.7 Å². The van der Waals surface area contributed by atoms with Crippen molar-refractivity contribution in [1.82, 2.24) is 4.57 Å². The van der Waals surface area contributed by atoms with Gasteiger partial charge in [0, 0.05) is 18.9 Å². The van der Waals surface area contributed by atoms with Crippen molar-refractivity contribution in [3.63, 3.8) is 0 Å². The van der Waals surface area contributed by atoms with Crippen LogP contribution in [0.3, 0.4) is 0 Å². The molecule has 1 saturated carbocycles. The SMILES string of the molecule is CC(C[N+](C)(C)C1CCCCC1)OCc1cccn1C. The van der Waals surface area contributed by atoms with Crippen LogP contribution >= 0.6 is 0 Å². The van der Waals surface area contributed by atoms with E-state index in [0.29, 0.717) is 6.10 Å². The first-order valence-corrected chi connectivity index (χ1v) is 8.03. The monoisotopic (exact) mass is 279 g/mol. The number of likely N-dealkylation sites (N-methyl/N-ethyl adjacent to an activating group) is 1. The number of aromatic nitrogens is 1. The Morgan fingerprint density at radius 1 is 1.30 bits per heavy atom. The molecular weight excluding hydrogens is 248 g/mol. The van der Waals surface area contributed by atoms with E-state index in [4.69, 9.17) is 4.74 Å². The molecule has 0 N–H and O–H groups in total. The summed E-state index contributed by atoms with van der Waals surface area (Å²) in [5, 5.41) is 0. The highest BCUT2D eigenvalue weighted by Crippen LogP contribution is 2.26. The lowest BCUT2D eigenvalue weighted by molar-refractivity contribution is -0.919. The van der Waals surface area contributed by atoms with Crippen LogP contribution in [0.2, 0.25) is 0 Å². The molecule has 0 amide bonds. The van der Waals surface area contributed by atoms with E-state index in [1.807, 2.05) is 0 Å². The molecule has 1 heterocycles. The van der Waals surface area contributed by atoms with Crippen LogP contribution in [0.4, 0.5) is 0 Å². The molecule has 0 aromatic carbocycles. The molecule has 0 spiro atoms. The quantitative estimate of drug-likeness (QED) is 0.729. The molecule has 3 heteroatoms. The van der Waals surface area contributed by atoms with Crippen molar-refractivity contribution >= 4 is 0 Å². The average Bonchev–Trinajstić information content (AvgIpc) is 2.82. The second-order valence-electron chi connectivity index (χ2n) is 6.99. The molecule has 1 fully saturated rings. The first-order valence-electron chi connectivity index (χ1n) is 8.03. The molecule has 1 aromatic heterocycles. The van der Waals surface area contributed by atoms with E-state index in [1.54, 1.807) is 0 Å². The summed E-state index contributed by atoms with van der Waals surface area (Å²) in [6, 6.07) is 5.03. The second-order valence-corrected chi connectivity index (χ2v) is 6.99. The minimum absolute atomic E-state index is 0.307. The van der Waals surface area contributed by atoms with Crippen molar-refractivity contribution in [2.75, 3.05) is 20.6 Å². The second kappa shape index (κ2) is 6.77. The van der Waals surface area contributed by atoms with Crippen LogP contribution in [-0.4, -0.2) is 41.8 Å². The Kier molecular flexibility index (Phi) is 5.28. The first kappa shape index (κ1) is 15.6.